The molecule has 5 heteroatoms. The Labute approximate surface area is 137 Å². The van der Waals surface area contributed by atoms with E-state index in [0.29, 0.717) is 24.9 Å². The lowest BCUT2D eigenvalue weighted by molar-refractivity contribution is -0.131. The van der Waals surface area contributed by atoms with Crippen molar-refractivity contribution in [3.63, 3.8) is 0 Å². The molecule has 2 N–H and O–H groups in total. The molecule has 2 atom stereocenters. The van der Waals surface area contributed by atoms with Gasteiger partial charge in [-0.2, -0.15) is 0 Å². The van der Waals surface area contributed by atoms with Crippen LogP contribution in [-0.2, 0) is 9.53 Å². The fraction of sp³-hybridized carbons (Fsp3) is 0.938. The highest BCUT2D eigenvalue weighted by Gasteiger charge is 2.13. The van der Waals surface area contributed by atoms with Gasteiger partial charge in [-0.3, -0.25) is 4.79 Å². The molecule has 0 aliphatic carbocycles. The fourth-order valence-corrected chi connectivity index (χ4v) is 2.07. The van der Waals surface area contributed by atoms with Gasteiger partial charge >= 0.3 is 0 Å². The van der Waals surface area contributed by atoms with Crippen LogP contribution in [0.4, 0.5) is 0 Å². The second kappa shape index (κ2) is 12.2. The van der Waals surface area contributed by atoms with Gasteiger partial charge < -0.3 is 15.4 Å². The van der Waals surface area contributed by atoms with Gasteiger partial charge in [0.15, 0.2) is 0 Å². The highest BCUT2D eigenvalue weighted by atomic mass is 35.5. The zero-order valence-corrected chi connectivity index (χ0v) is 15.4. The van der Waals surface area contributed by atoms with Gasteiger partial charge in [0.05, 0.1) is 19.1 Å². The van der Waals surface area contributed by atoms with Crippen molar-refractivity contribution in [1.82, 2.24) is 4.90 Å². The van der Waals surface area contributed by atoms with Gasteiger partial charge in [-0.1, -0.05) is 27.7 Å². The first-order valence-electron chi connectivity index (χ1n) is 7.85. The molecule has 1 amide bonds. The molecule has 128 valence electrons. The van der Waals surface area contributed by atoms with Crippen LogP contribution in [-0.4, -0.2) is 43.2 Å². The van der Waals surface area contributed by atoms with Crippen molar-refractivity contribution in [3.05, 3.63) is 0 Å². The molecule has 0 aromatic heterocycles. The second-order valence-corrected chi connectivity index (χ2v) is 6.57. The molecule has 21 heavy (non-hydrogen) atoms. The van der Waals surface area contributed by atoms with Gasteiger partial charge in [0.25, 0.3) is 0 Å². The summed E-state index contributed by atoms with van der Waals surface area (Å²) in [5.74, 6) is 1.22. The zero-order valence-electron chi connectivity index (χ0n) is 14.6. The highest BCUT2D eigenvalue weighted by Crippen LogP contribution is 2.08. The van der Waals surface area contributed by atoms with Gasteiger partial charge in [-0.25, -0.2) is 0 Å². The maximum atomic E-state index is 11.9. The van der Waals surface area contributed by atoms with Crippen molar-refractivity contribution >= 4 is 18.3 Å². The van der Waals surface area contributed by atoms with E-state index >= 15 is 0 Å². The van der Waals surface area contributed by atoms with Crippen LogP contribution in [0.15, 0.2) is 0 Å². The smallest absolute Gasteiger partial charge is 0.224 e. The van der Waals surface area contributed by atoms with Gasteiger partial charge in [0.2, 0.25) is 5.91 Å². The average Bonchev–Trinajstić information content (AvgIpc) is 2.33. The molecule has 0 radical (unpaired) electrons. The number of carbonyl (C=O) groups excluding carboxylic acids is 1. The number of halogens is 1. The molecule has 0 spiro atoms. The second-order valence-electron chi connectivity index (χ2n) is 6.57. The van der Waals surface area contributed by atoms with Crippen molar-refractivity contribution in [2.24, 2.45) is 17.6 Å². The van der Waals surface area contributed by atoms with Crippen LogP contribution in [0.3, 0.4) is 0 Å². The lowest BCUT2D eigenvalue weighted by atomic mass is 10.0. The Balaban J connectivity index is 0. The van der Waals surface area contributed by atoms with Crippen molar-refractivity contribution in [2.45, 2.75) is 66.0 Å². The molecule has 2 unspecified atom stereocenters. The van der Waals surface area contributed by atoms with E-state index in [0.717, 1.165) is 19.4 Å². The number of nitrogens with zero attached hydrogens (tertiary/aromatic N) is 1. The minimum absolute atomic E-state index is 0. The minimum Gasteiger partial charge on any atom is -0.378 e. The third-order valence-corrected chi connectivity index (χ3v) is 3.60. The number of ether oxygens (including phenoxy) is 1. The van der Waals surface area contributed by atoms with E-state index in [2.05, 4.69) is 34.6 Å². The van der Waals surface area contributed by atoms with E-state index < -0.39 is 0 Å². The monoisotopic (exact) mass is 322 g/mol. The summed E-state index contributed by atoms with van der Waals surface area (Å²) in [6.07, 6.45) is 2.57. The number of rotatable bonds is 10. The van der Waals surface area contributed by atoms with Crippen LogP contribution >= 0.6 is 12.4 Å². The maximum absolute atomic E-state index is 11.9. The molecule has 0 aliphatic heterocycles. The Morgan fingerprint density at radius 1 is 1.19 bits per heavy atom. The molecular weight excluding hydrogens is 288 g/mol. The third kappa shape index (κ3) is 12.0. The number of hydrogen-bond acceptors (Lipinski definition) is 3. The number of carbonyl (C=O) groups is 1. The molecular formula is C16H35ClN2O2. The van der Waals surface area contributed by atoms with Crippen LogP contribution in [0, 0.1) is 11.8 Å². The Morgan fingerprint density at radius 2 is 1.76 bits per heavy atom. The van der Waals surface area contributed by atoms with Gasteiger partial charge in [0.1, 0.15) is 0 Å². The molecule has 0 saturated heterocycles. The number of nitrogens with two attached hydrogens (primary N) is 1. The Morgan fingerprint density at radius 3 is 2.24 bits per heavy atom. The van der Waals surface area contributed by atoms with E-state index in [1.807, 2.05) is 7.05 Å². The summed E-state index contributed by atoms with van der Waals surface area (Å²) in [7, 11) is 1.84. The van der Waals surface area contributed by atoms with E-state index in [-0.39, 0.29) is 30.5 Å². The number of hydrogen-bond donors (Lipinski definition) is 1. The molecule has 0 bridgehead atoms. The summed E-state index contributed by atoms with van der Waals surface area (Å²) in [5, 5.41) is 0. The average molecular weight is 323 g/mol. The zero-order chi connectivity index (χ0) is 15.7. The standard InChI is InChI=1S/C16H34N2O2.ClH/c1-12(2)11-14(5)20-10-8-16(19)18(6)9-7-15(17)13(3)4;/h12-15H,7-11,17H2,1-6H3;1H. The normalized spacial score (nSPS) is 14.0. The van der Waals surface area contributed by atoms with Crippen LogP contribution in [0.25, 0.3) is 0 Å². The molecule has 0 heterocycles. The molecule has 0 aliphatic rings. The van der Waals surface area contributed by atoms with Crippen LogP contribution in [0.2, 0.25) is 0 Å². The van der Waals surface area contributed by atoms with Crippen LogP contribution in [0.5, 0.6) is 0 Å². The largest absolute Gasteiger partial charge is 0.378 e. The van der Waals surface area contributed by atoms with Crippen molar-refractivity contribution in [1.29, 1.82) is 0 Å². The molecule has 0 rings (SSSR count). The van der Waals surface area contributed by atoms with Gasteiger partial charge in [-0.15, -0.1) is 12.4 Å². The predicted molar refractivity (Wildman–Crippen MR) is 91.8 cm³/mol. The van der Waals surface area contributed by atoms with Crippen LogP contribution in [0.1, 0.15) is 53.9 Å². The summed E-state index contributed by atoms with van der Waals surface area (Å²) in [6, 6.07) is 0.160. The molecule has 0 fully saturated rings. The first-order chi connectivity index (χ1) is 9.23. The molecule has 0 saturated carbocycles. The van der Waals surface area contributed by atoms with E-state index in [4.69, 9.17) is 10.5 Å². The molecule has 0 aromatic carbocycles. The highest BCUT2D eigenvalue weighted by molar-refractivity contribution is 5.85. The van der Waals surface area contributed by atoms with Crippen molar-refractivity contribution in [3.8, 4) is 0 Å². The van der Waals surface area contributed by atoms with E-state index in [1.54, 1.807) is 4.90 Å². The lowest BCUT2D eigenvalue weighted by Gasteiger charge is -2.22. The summed E-state index contributed by atoms with van der Waals surface area (Å²) < 4.78 is 5.67. The summed E-state index contributed by atoms with van der Waals surface area (Å²) in [4.78, 5) is 13.7. The summed E-state index contributed by atoms with van der Waals surface area (Å²) >= 11 is 0. The Hall–Kier alpha value is -0.320. The Kier molecular flexibility index (Phi) is 13.4. The van der Waals surface area contributed by atoms with E-state index in [1.165, 1.54) is 0 Å². The SMILES string of the molecule is CC(C)CC(C)OCCC(=O)N(C)CCC(N)C(C)C.Cl. The number of amides is 1. The third-order valence-electron chi connectivity index (χ3n) is 3.60. The maximum Gasteiger partial charge on any atom is 0.224 e. The quantitative estimate of drug-likeness (QED) is 0.672. The predicted octanol–water partition coefficient (Wildman–Crippen LogP) is 3.08. The topological polar surface area (TPSA) is 55.6 Å². The van der Waals surface area contributed by atoms with Gasteiger partial charge in [0, 0.05) is 19.6 Å². The first kappa shape index (κ1) is 23.0. The summed E-state index contributed by atoms with van der Waals surface area (Å²) in [6.45, 7) is 11.9. The van der Waals surface area contributed by atoms with Crippen molar-refractivity contribution < 1.29 is 9.53 Å². The minimum atomic E-state index is 0. The van der Waals surface area contributed by atoms with Crippen LogP contribution < -0.4 is 5.73 Å². The lowest BCUT2D eigenvalue weighted by Crippen LogP contribution is -2.35. The first-order valence-corrected chi connectivity index (χ1v) is 7.85. The Bertz CT molecular complexity index is 273. The molecule has 4 nitrogen and oxygen atoms in total. The van der Waals surface area contributed by atoms with Gasteiger partial charge in [-0.05, 0) is 31.6 Å². The van der Waals surface area contributed by atoms with E-state index in [9.17, 15) is 4.79 Å². The summed E-state index contributed by atoms with van der Waals surface area (Å²) in [5.41, 5.74) is 5.99. The fourth-order valence-electron chi connectivity index (χ4n) is 2.07. The van der Waals surface area contributed by atoms with Crippen molar-refractivity contribution in [2.75, 3.05) is 20.2 Å². The molecule has 0 aromatic rings.